The first-order valence-corrected chi connectivity index (χ1v) is 10.3. The topological polar surface area (TPSA) is 65.6 Å². The van der Waals surface area contributed by atoms with Gasteiger partial charge in [0.2, 0.25) is 11.8 Å². The van der Waals surface area contributed by atoms with E-state index in [4.69, 9.17) is 4.74 Å². The number of amides is 2. The summed E-state index contributed by atoms with van der Waals surface area (Å²) in [6, 6.07) is 15.6. The van der Waals surface area contributed by atoms with Crippen LogP contribution in [-0.2, 0) is 22.6 Å². The van der Waals surface area contributed by atoms with E-state index >= 15 is 0 Å². The number of nitrogens with one attached hydrogen (secondary N) is 1. The number of aromatic nitrogens is 1. The van der Waals surface area contributed by atoms with Crippen LogP contribution in [0.25, 0.3) is 10.9 Å². The van der Waals surface area contributed by atoms with Crippen molar-refractivity contribution in [3.63, 3.8) is 0 Å². The normalized spacial score (nSPS) is 21.2. The van der Waals surface area contributed by atoms with Crippen LogP contribution in [0.5, 0.6) is 5.75 Å². The number of carbonyl (C=O) groups excluding carboxylic acids is 2. The highest BCUT2D eigenvalue weighted by atomic mass is 16.5. The molecule has 0 aliphatic carbocycles. The summed E-state index contributed by atoms with van der Waals surface area (Å²) in [6.07, 6.45) is 1.05. The largest absolute Gasteiger partial charge is 0.497 e. The maximum atomic E-state index is 13.6. The van der Waals surface area contributed by atoms with Gasteiger partial charge in [0.1, 0.15) is 5.75 Å². The Labute approximate surface area is 175 Å². The Kier molecular flexibility index (Phi) is 4.50. The first-order valence-electron chi connectivity index (χ1n) is 10.3. The molecule has 6 heteroatoms. The zero-order chi connectivity index (χ0) is 20.8. The summed E-state index contributed by atoms with van der Waals surface area (Å²) in [5, 5.41) is 1.10. The highest BCUT2D eigenvalue weighted by Crippen LogP contribution is 2.39. The molecule has 2 amide bonds. The number of likely N-dealkylation sites (tertiary alicyclic amines) is 1. The van der Waals surface area contributed by atoms with Crippen molar-refractivity contribution in [1.29, 1.82) is 0 Å². The lowest BCUT2D eigenvalue weighted by molar-refractivity contribution is -0.137. The molecule has 1 saturated heterocycles. The Hall–Kier alpha value is -3.28. The molecule has 1 fully saturated rings. The first-order chi connectivity index (χ1) is 14.6. The molecule has 30 heavy (non-hydrogen) atoms. The van der Waals surface area contributed by atoms with Crippen LogP contribution in [0, 0.1) is 5.92 Å². The Morgan fingerprint density at radius 3 is 2.73 bits per heavy atom. The van der Waals surface area contributed by atoms with Gasteiger partial charge >= 0.3 is 0 Å². The minimum absolute atomic E-state index is 0.0248. The van der Waals surface area contributed by atoms with Crippen molar-refractivity contribution in [2.24, 2.45) is 5.92 Å². The number of methoxy groups -OCH3 is 1. The summed E-state index contributed by atoms with van der Waals surface area (Å²) in [6.45, 7) is 1.21. The standard InChI is InChI=1S/C24H25N3O3/c1-26-22(28)13-18(23(26)15-6-4-3-5-7-15)24(29)27-11-10-21-19(14-27)17-12-16(30-2)8-9-20(17)25-21/h3-9,12,18,23,25H,10-11,13-14H2,1-2H3/t18-,23-/m1/s1. The van der Waals surface area contributed by atoms with Gasteiger partial charge < -0.3 is 19.5 Å². The fourth-order valence-corrected chi connectivity index (χ4v) is 4.94. The number of hydrogen-bond acceptors (Lipinski definition) is 3. The van der Waals surface area contributed by atoms with Crippen LogP contribution in [0.1, 0.15) is 29.3 Å². The van der Waals surface area contributed by atoms with E-state index in [1.165, 1.54) is 5.69 Å². The smallest absolute Gasteiger partial charge is 0.228 e. The summed E-state index contributed by atoms with van der Waals surface area (Å²) in [7, 11) is 3.46. The highest BCUT2D eigenvalue weighted by molar-refractivity contribution is 5.91. The van der Waals surface area contributed by atoms with Crippen LogP contribution in [-0.4, -0.2) is 47.3 Å². The average molecular weight is 403 g/mol. The average Bonchev–Trinajstić information content (AvgIpc) is 3.29. The molecule has 3 heterocycles. The number of ether oxygens (including phenoxy) is 1. The van der Waals surface area contributed by atoms with Crippen molar-refractivity contribution in [3.8, 4) is 5.75 Å². The van der Waals surface area contributed by atoms with Crippen LogP contribution < -0.4 is 4.74 Å². The van der Waals surface area contributed by atoms with Gasteiger partial charge in [-0.2, -0.15) is 0 Å². The first kappa shape index (κ1) is 18.7. The summed E-state index contributed by atoms with van der Waals surface area (Å²) >= 11 is 0. The fourth-order valence-electron chi connectivity index (χ4n) is 4.94. The number of carbonyl (C=O) groups is 2. The van der Waals surface area contributed by atoms with Crippen molar-refractivity contribution in [3.05, 3.63) is 65.4 Å². The lowest BCUT2D eigenvalue weighted by Gasteiger charge is -2.32. The van der Waals surface area contributed by atoms with E-state index in [-0.39, 0.29) is 30.2 Å². The van der Waals surface area contributed by atoms with Gasteiger partial charge in [0, 0.05) is 55.1 Å². The Morgan fingerprint density at radius 1 is 1.17 bits per heavy atom. The third kappa shape index (κ3) is 2.95. The van der Waals surface area contributed by atoms with Gasteiger partial charge in [-0.25, -0.2) is 0 Å². The monoisotopic (exact) mass is 403 g/mol. The predicted octanol–water partition coefficient (Wildman–Crippen LogP) is 3.28. The molecule has 0 spiro atoms. The van der Waals surface area contributed by atoms with Crippen LogP contribution in [0.15, 0.2) is 48.5 Å². The summed E-state index contributed by atoms with van der Waals surface area (Å²) in [5.41, 5.74) is 4.41. The zero-order valence-corrected chi connectivity index (χ0v) is 17.2. The van der Waals surface area contributed by atoms with Crippen molar-refractivity contribution >= 4 is 22.7 Å². The minimum atomic E-state index is -0.355. The second-order valence-electron chi connectivity index (χ2n) is 8.17. The predicted molar refractivity (Wildman–Crippen MR) is 114 cm³/mol. The molecular weight excluding hydrogens is 378 g/mol. The molecule has 0 saturated carbocycles. The van der Waals surface area contributed by atoms with E-state index in [2.05, 4.69) is 4.98 Å². The second-order valence-corrected chi connectivity index (χ2v) is 8.17. The SMILES string of the molecule is COc1ccc2[nH]c3c(c2c1)CN(C(=O)[C@@H]1CC(=O)N(C)[C@@H]1c1ccccc1)CC3. The lowest BCUT2D eigenvalue weighted by atomic mass is 9.91. The summed E-state index contributed by atoms with van der Waals surface area (Å²) in [5.74, 6) is 0.535. The van der Waals surface area contributed by atoms with Crippen molar-refractivity contribution in [2.45, 2.75) is 25.4 Å². The number of H-pyrrole nitrogens is 1. The molecule has 6 nitrogen and oxygen atoms in total. The van der Waals surface area contributed by atoms with Crippen molar-refractivity contribution in [2.75, 3.05) is 20.7 Å². The van der Waals surface area contributed by atoms with E-state index in [9.17, 15) is 9.59 Å². The molecule has 2 aliphatic heterocycles. The number of rotatable bonds is 3. The molecular formula is C24H25N3O3. The van der Waals surface area contributed by atoms with E-state index < -0.39 is 0 Å². The van der Waals surface area contributed by atoms with Gasteiger partial charge in [-0.1, -0.05) is 30.3 Å². The number of fused-ring (bicyclic) bond motifs is 3. The highest BCUT2D eigenvalue weighted by Gasteiger charge is 2.44. The zero-order valence-electron chi connectivity index (χ0n) is 17.2. The molecule has 0 bridgehead atoms. The van der Waals surface area contributed by atoms with E-state index in [0.29, 0.717) is 13.1 Å². The van der Waals surface area contributed by atoms with Gasteiger partial charge in [-0.05, 0) is 23.8 Å². The molecule has 3 aromatic rings. The Bertz CT molecular complexity index is 1120. The number of hydrogen-bond donors (Lipinski definition) is 1. The molecule has 2 aromatic carbocycles. The van der Waals surface area contributed by atoms with Gasteiger partial charge in [0.05, 0.1) is 19.1 Å². The lowest BCUT2D eigenvalue weighted by Crippen LogP contribution is -2.41. The van der Waals surface area contributed by atoms with Crippen molar-refractivity contribution in [1.82, 2.24) is 14.8 Å². The van der Waals surface area contributed by atoms with Gasteiger partial charge in [-0.3, -0.25) is 9.59 Å². The van der Waals surface area contributed by atoms with Crippen LogP contribution in [0.4, 0.5) is 0 Å². The van der Waals surface area contributed by atoms with Crippen LogP contribution >= 0.6 is 0 Å². The second kappa shape index (κ2) is 7.20. The quantitative estimate of drug-likeness (QED) is 0.730. The minimum Gasteiger partial charge on any atom is -0.497 e. The molecule has 0 radical (unpaired) electrons. The summed E-state index contributed by atoms with van der Waals surface area (Å²) < 4.78 is 5.39. The molecule has 5 rings (SSSR count). The Morgan fingerprint density at radius 2 is 1.97 bits per heavy atom. The van der Waals surface area contributed by atoms with E-state index in [0.717, 1.165) is 34.2 Å². The number of aromatic amines is 1. The third-order valence-corrected chi connectivity index (χ3v) is 6.54. The molecule has 0 unspecified atom stereocenters. The maximum Gasteiger partial charge on any atom is 0.228 e. The van der Waals surface area contributed by atoms with Crippen LogP contribution in [0.3, 0.4) is 0 Å². The summed E-state index contributed by atoms with van der Waals surface area (Å²) in [4.78, 5) is 33.2. The fraction of sp³-hybridized carbons (Fsp3) is 0.333. The maximum absolute atomic E-state index is 13.6. The number of benzene rings is 2. The molecule has 2 atom stereocenters. The third-order valence-electron chi connectivity index (χ3n) is 6.54. The van der Waals surface area contributed by atoms with Gasteiger partial charge in [-0.15, -0.1) is 0 Å². The van der Waals surface area contributed by atoms with Crippen LogP contribution in [0.2, 0.25) is 0 Å². The molecule has 1 N–H and O–H groups in total. The number of nitrogens with zero attached hydrogens (tertiary/aromatic N) is 2. The van der Waals surface area contributed by atoms with E-state index in [1.807, 2.05) is 53.4 Å². The van der Waals surface area contributed by atoms with Crippen molar-refractivity contribution < 1.29 is 14.3 Å². The molecule has 2 aliphatic rings. The molecule has 1 aromatic heterocycles. The Balaban J connectivity index is 1.45. The van der Waals surface area contributed by atoms with Gasteiger partial charge in [0.15, 0.2) is 0 Å². The van der Waals surface area contributed by atoms with Gasteiger partial charge in [0.25, 0.3) is 0 Å². The van der Waals surface area contributed by atoms with E-state index in [1.54, 1.807) is 19.1 Å². The molecule has 154 valence electrons.